The van der Waals surface area contributed by atoms with Crippen molar-refractivity contribution in [1.29, 1.82) is 0 Å². The molecule has 2 aromatic heterocycles. The van der Waals surface area contributed by atoms with Gasteiger partial charge in [0.2, 0.25) is 5.91 Å². The maximum absolute atomic E-state index is 12.9. The minimum absolute atomic E-state index is 0.0876. The second-order valence-corrected chi connectivity index (χ2v) is 7.64. The number of carbonyl (C=O) groups excluding carboxylic acids is 1. The summed E-state index contributed by atoms with van der Waals surface area (Å²) in [4.78, 5) is 38.3. The maximum atomic E-state index is 12.9. The van der Waals surface area contributed by atoms with Gasteiger partial charge < -0.3 is 10.3 Å². The van der Waals surface area contributed by atoms with E-state index in [0.717, 1.165) is 23.3 Å². The van der Waals surface area contributed by atoms with Gasteiger partial charge in [0.1, 0.15) is 18.2 Å². The molecule has 0 radical (unpaired) electrons. The molecule has 154 valence electrons. The Morgan fingerprint density at radius 1 is 1.10 bits per heavy atom. The number of aryl methyl sites for hydroxylation is 1. The number of hydrogen-bond acceptors (Lipinski definition) is 4. The molecule has 0 spiro atoms. The average Bonchev–Trinajstić information content (AvgIpc) is 3.18. The number of hydrogen-bond donors (Lipinski definition) is 2. The zero-order chi connectivity index (χ0) is 21.3. The number of benzene rings is 2. The Balaban J connectivity index is 1.62. The highest BCUT2D eigenvalue weighted by Gasteiger charge is 2.24. The lowest BCUT2D eigenvalue weighted by Crippen LogP contribution is -2.38. The van der Waals surface area contributed by atoms with Crippen LogP contribution in [0.15, 0.2) is 53.3 Å². The SMILES string of the molecule is CCC(C)C(NC(=O)Cn1c(C)nc2ccccc2c1=O)c1nc2ccccc2[nH]1. The summed E-state index contributed by atoms with van der Waals surface area (Å²) in [5.41, 5.74) is 2.22. The van der Waals surface area contributed by atoms with Crippen LogP contribution in [0.2, 0.25) is 0 Å². The first-order chi connectivity index (χ1) is 14.5. The predicted molar refractivity (Wildman–Crippen MR) is 117 cm³/mol. The fraction of sp³-hybridized carbons (Fsp3) is 0.304. The molecule has 0 fully saturated rings. The summed E-state index contributed by atoms with van der Waals surface area (Å²) in [7, 11) is 0. The van der Waals surface area contributed by atoms with Crippen molar-refractivity contribution in [1.82, 2.24) is 24.8 Å². The minimum Gasteiger partial charge on any atom is -0.344 e. The standard InChI is InChI=1S/C23H25N5O2/c1-4-14(2)21(22-25-18-11-7-8-12-19(18)26-22)27-20(29)13-28-15(3)24-17-10-6-5-9-16(17)23(28)30/h5-12,14,21H,4,13H2,1-3H3,(H,25,26)(H,27,29). The Morgan fingerprint density at radius 3 is 2.53 bits per heavy atom. The topological polar surface area (TPSA) is 92.7 Å². The highest BCUT2D eigenvalue weighted by Crippen LogP contribution is 2.24. The van der Waals surface area contributed by atoms with Crippen molar-refractivity contribution in [2.75, 3.05) is 0 Å². The van der Waals surface area contributed by atoms with Crippen LogP contribution in [-0.2, 0) is 11.3 Å². The fourth-order valence-corrected chi connectivity index (χ4v) is 3.66. The van der Waals surface area contributed by atoms with E-state index in [4.69, 9.17) is 0 Å². The fourth-order valence-electron chi connectivity index (χ4n) is 3.66. The molecule has 2 atom stereocenters. The van der Waals surface area contributed by atoms with Gasteiger partial charge in [-0.3, -0.25) is 14.2 Å². The van der Waals surface area contributed by atoms with Crippen molar-refractivity contribution >= 4 is 27.8 Å². The average molecular weight is 403 g/mol. The molecule has 2 N–H and O–H groups in total. The molecule has 0 bridgehead atoms. The second-order valence-electron chi connectivity index (χ2n) is 7.64. The number of aromatic nitrogens is 4. The van der Waals surface area contributed by atoms with Crippen molar-refractivity contribution in [2.24, 2.45) is 5.92 Å². The zero-order valence-corrected chi connectivity index (χ0v) is 17.3. The quantitative estimate of drug-likeness (QED) is 0.515. The van der Waals surface area contributed by atoms with Crippen molar-refractivity contribution in [3.05, 3.63) is 70.5 Å². The van der Waals surface area contributed by atoms with Crippen LogP contribution in [0, 0.1) is 12.8 Å². The summed E-state index contributed by atoms with van der Waals surface area (Å²) in [6.07, 6.45) is 0.874. The molecular weight excluding hydrogens is 378 g/mol. The molecule has 0 aliphatic heterocycles. The zero-order valence-electron chi connectivity index (χ0n) is 17.3. The van der Waals surface area contributed by atoms with E-state index in [1.54, 1.807) is 25.1 Å². The third-order valence-corrected chi connectivity index (χ3v) is 5.59. The Labute approximate surface area is 174 Å². The molecule has 0 saturated carbocycles. The molecule has 2 heterocycles. The maximum Gasteiger partial charge on any atom is 0.261 e. The molecule has 0 aliphatic rings. The number of carbonyl (C=O) groups is 1. The van der Waals surface area contributed by atoms with E-state index in [0.29, 0.717) is 16.7 Å². The van der Waals surface area contributed by atoms with Gasteiger partial charge in [0.25, 0.3) is 5.56 Å². The smallest absolute Gasteiger partial charge is 0.261 e. The second kappa shape index (κ2) is 8.10. The van der Waals surface area contributed by atoms with Gasteiger partial charge in [0, 0.05) is 0 Å². The number of imidazole rings is 1. The normalized spacial score (nSPS) is 13.4. The van der Waals surface area contributed by atoms with Crippen molar-refractivity contribution in [2.45, 2.75) is 39.8 Å². The largest absolute Gasteiger partial charge is 0.344 e. The van der Waals surface area contributed by atoms with Gasteiger partial charge in [-0.15, -0.1) is 0 Å². The number of aromatic amines is 1. The highest BCUT2D eigenvalue weighted by atomic mass is 16.2. The van der Waals surface area contributed by atoms with E-state index >= 15 is 0 Å². The summed E-state index contributed by atoms with van der Waals surface area (Å²) in [5.74, 6) is 1.15. The monoisotopic (exact) mass is 403 g/mol. The highest BCUT2D eigenvalue weighted by molar-refractivity contribution is 5.80. The van der Waals surface area contributed by atoms with Gasteiger partial charge in [-0.1, -0.05) is 44.5 Å². The molecule has 7 nitrogen and oxygen atoms in total. The first kappa shape index (κ1) is 19.8. The van der Waals surface area contributed by atoms with E-state index in [2.05, 4.69) is 34.1 Å². The van der Waals surface area contributed by atoms with Gasteiger partial charge in [-0.05, 0) is 37.1 Å². The van der Waals surface area contributed by atoms with E-state index in [-0.39, 0.29) is 30.0 Å². The van der Waals surface area contributed by atoms with Gasteiger partial charge in [-0.2, -0.15) is 0 Å². The first-order valence-corrected chi connectivity index (χ1v) is 10.2. The predicted octanol–water partition coefficient (Wildman–Crippen LogP) is 3.48. The lowest BCUT2D eigenvalue weighted by Gasteiger charge is -2.23. The van der Waals surface area contributed by atoms with Crippen LogP contribution < -0.4 is 10.9 Å². The number of nitrogens with zero attached hydrogens (tertiary/aromatic N) is 3. The number of H-pyrrole nitrogens is 1. The number of para-hydroxylation sites is 3. The molecule has 4 rings (SSSR count). The van der Waals surface area contributed by atoms with Crippen LogP contribution in [0.5, 0.6) is 0 Å². The lowest BCUT2D eigenvalue weighted by molar-refractivity contribution is -0.123. The number of nitrogens with one attached hydrogen (secondary N) is 2. The van der Waals surface area contributed by atoms with Crippen molar-refractivity contribution < 1.29 is 4.79 Å². The minimum atomic E-state index is -0.278. The number of fused-ring (bicyclic) bond motifs is 2. The Morgan fingerprint density at radius 2 is 1.80 bits per heavy atom. The van der Waals surface area contributed by atoms with Crippen LogP contribution in [0.4, 0.5) is 0 Å². The van der Waals surface area contributed by atoms with E-state index in [1.807, 2.05) is 30.3 Å². The van der Waals surface area contributed by atoms with Crippen LogP contribution in [0.3, 0.4) is 0 Å². The lowest BCUT2D eigenvalue weighted by atomic mass is 9.98. The summed E-state index contributed by atoms with van der Waals surface area (Å²) in [6.45, 7) is 5.81. The molecule has 0 saturated heterocycles. The molecule has 1 amide bonds. The number of amides is 1. The summed E-state index contributed by atoms with van der Waals surface area (Å²) < 4.78 is 1.42. The molecule has 7 heteroatoms. The van der Waals surface area contributed by atoms with E-state index in [1.165, 1.54) is 4.57 Å². The van der Waals surface area contributed by atoms with Crippen molar-refractivity contribution in [3.8, 4) is 0 Å². The Hall–Kier alpha value is -3.48. The molecular formula is C23H25N5O2. The molecule has 2 unspecified atom stereocenters. The summed E-state index contributed by atoms with van der Waals surface area (Å²) >= 11 is 0. The van der Waals surface area contributed by atoms with Crippen molar-refractivity contribution in [3.63, 3.8) is 0 Å². The van der Waals surface area contributed by atoms with Gasteiger partial charge in [-0.25, -0.2) is 9.97 Å². The van der Waals surface area contributed by atoms with Crippen LogP contribution in [-0.4, -0.2) is 25.4 Å². The van der Waals surface area contributed by atoms with Crippen LogP contribution in [0.25, 0.3) is 21.9 Å². The third kappa shape index (κ3) is 3.70. The molecule has 2 aromatic carbocycles. The molecule has 0 aliphatic carbocycles. The van der Waals surface area contributed by atoms with Gasteiger partial charge >= 0.3 is 0 Å². The molecule has 4 aromatic rings. The third-order valence-electron chi connectivity index (χ3n) is 5.59. The summed E-state index contributed by atoms with van der Waals surface area (Å²) in [6, 6.07) is 14.7. The summed E-state index contributed by atoms with van der Waals surface area (Å²) in [5, 5.41) is 3.58. The van der Waals surface area contributed by atoms with E-state index in [9.17, 15) is 9.59 Å². The molecule has 30 heavy (non-hydrogen) atoms. The van der Waals surface area contributed by atoms with E-state index < -0.39 is 0 Å². The Kier molecular flexibility index (Phi) is 5.35. The first-order valence-electron chi connectivity index (χ1n) is 10.2. The van der Waals surface area contributed by atoms with Crippen LogP contribution in [0.1, 0.15) is 38.0 Å². The van der Waals surface area contributed by atoms with Gasteiger partial charge in [0.15, 0.2) is 0 Å². The van der Waals surface area contributed by atoms with Gasteiger partial charge in [0.05, 0.1) is 28.0 Å². The Bertz CT molecular complexity index is 1240. The van der Waals surface area contributed by atoms with Crippen LogP contribution >= 0.6 is 0 Å². The number of rotatable bonds is 6.